The molecule has 0 radical (unpaired) electrons. The molecular formula is C15H22IN3. The van der Waals surface area contributed by atoms with Gasteiger partial charge in [0.05, 0.1) is 0 Å². The molecule has 0 atom stereocenters. The van der Waals surface area contributed by atoms with Crippen LogP contribution in [0.25, 0.3) is 0 Å². The lowest BCUT2D eigenvalue weighted by Gasteiger charge is -2.16. The molecule has 19 heavy (non-hydrogen) atoms. The Morgan fingerprint density at radius 1 is 1.21 bits per heavy atom. The Morgan fingerprint density at radius 3 is 2.42 bits per heavy atom. The monoisotopic (exact) mass is 371 g/mol. The van der Waals surface area contributed by atoms with Crippen molar-refractivity contribution in [2.75, 3.05) is 7.05 Å². The lowest BCUT2D eigenvalue weighted by atomic mass is 10.1. The third-order valence-corrected chi connectivity index (χ3v) is 3.15. The number of halogens is 1. The van der Waals surface area contributed by atoms with E-state index in [9.17, 15) is 0 Å². The molecule has 0 saturated carbocycles. The molecule has 0 aromatic heterocycles. The first-order chi connectivity index (χ1) is 8.78. The van der Waals surface area contributed by atoms with E-state index in [4.69, 9.17) is 0 Å². The first-order valence-electron chi connectivity index (χ1n) is 6.45. The Kier molecular flexibility index (Phi) is 6.91. The fourth-order valence-electron chi connectivity index (χ4n) is 2.01. The number of hydrogen-bond acceptors (Lipinski definition) is 1. The van der Waals surface area contributed by atoms with Gasteiger partial charge in [0.1, 0.15) is 0 Å². The fourth-order valence-corrected chi connectivity index (χ4v) is 2.01. The number of benzene rings is 1. The second-order valence-electron chi connectivity index (χ2n) is 4.70. The van der Waals surface area contributed by atoms with Crippen LogP contribution in [0.2, 0.25) is 0 Å². The first-order valence-corrected chi connectivity index (χ1v) is 6.45. The summed E-state index contributed by atoms with van der Waals surface area (Å²) in [5.74, 6) is 0.879. The molecule has 0 bridgehead atoms. The lowest BCUT2D eigenvalue weighted by Crippen LogP contribution is -2.42. The summed E-state index contributed by atoms with van der Waals surface area (Å²) in [6.45, 7) is 2.91. The third kappa shape index (κ3) is 5.22. The predicted molar refractivity (Wildman–Crippen MR) is 92.1 cm³/mol. The van der Waals surface area contributed by atoms with E-state index in [0.29, 0.717) is 6.04 Å². The molecule has 0 spiro atoms. The molecule has 0 unspecified atom stereocenters. The first kappa shape index (κ1) is 16.0. The number of hydrogen-bond donors (Lipinski definition) is 2. The molecule has 0 aliphatic heterocycles. The average molecular weight is 371 g/mol. The molecule has 104 valence electrons. The van der Waals surface area contributed by atoms with Crippen LogP contribution in [0.15, 0.2) is 41.4 Å². The lowest BCUT2D eigenvalue weighted by molar-refractivity contribution is 0.633. The zero-order valence-electron chi connectivity index (χ0n) is 11.5. The minimum Gasteiger partial charge on any atom is -0.353 e. The second-order valence-corrected chi connectivity index (χ2v) is 4.70. The van der Waals surface area contributed by atoms with Gasteiger partial charge in [0.25, 0.3) is 0 Å². The van der Waals surface area contributed by atoms with Gasteiger partial charge in [0.15, 0.2) is 5.96 Å². The van der Waals surface area contributed by atoms with E-state index in [1.165, 1.54) is 11.1 Å². The molecule has 0 fully saturated rings. The maximum Gasteiger partial charge on any atom is 0.191 e. The molecular weight excluding hydrogens is 349 g/mol. The third-order valence-electron chi connectivity index (χ3n) is 3.15. The summed E-state index contributed by atoms with van der Waals surface area (Å²) in [5.41, 5.74) is 2.56. The smallest absolute Gasteiger partial charge is 0.191 e. The number of aryl methyl sites for hydroxylation is 1. The van der Waals surface area contributed by atoms with Crippen molar-refractivity contribution >= 4 is 29.9 Å². The van der Waals surface area contributed by atoms with Gasteiger partial charge >= 0.3 is 0 Å². The highest BCUT2D eigenvalue weighted by Crippen LogP contribution is 2.08. The van der Waals surface area contributed by atoms with Gasteiger partial charge in [-0.15, -0.1) is 24.0 Å². The normalized spacial score (nSPS) is 15.2. The Hall–Kier alpha value is -1.04. The highest BCUT2D eigenvalue weighted by Gasteiger charge is 2.11. The average Bonchev–Trinajstić information content (AvgIpc) is 2.89. The quantitative estimate of drug-likeness (QED) is 0.371. The van der Waals surface area contributed by atoms with Crippen molar-refractivity contribution in [1.82, 2.24) is 10.6 Å². The molecule has 0 heterocycles. The number of aliphatic imine (C=N–C) groups is 1. The van der Waals surface area contributed by atoms with Crippen molar-refractivity contribution in [1.29, 1.82) is 0 Å². The van der Waals surface area contributed by atoms with E-state index >= 15 is 0 Å². The molecule has 0 saturated heterocycles. The molecule has 1 aliphatic carbocycles. The predicted octanol–water partition coefficient (Wildman–Crippen LogP) is 3.00. The van der Waals surface area contributed by atoms with E-state index in [-0.39, 0.29) is 24.0 Å². The fraction of sp³-hybridized carbons (Fsp3) is 0.400. The van der Waals surface area contributed by atoms with Gasteiger partial charge in [-0.2, -0.15) is 0 Å². The molecule has 4 heteroatoms. The van der Waals surface area contributed by atoms with Crippen LogP contribution in [-0.2, 0) is 6.54 Å². The van der Waals surface area contributed by atoms with Crippen LogP contribution in [-0.4, -0.2) is 19.0 Å². The summed E-state index contributed by atoms with van der Waals surface area (Å²) in [4.78, 5) is 4.25. The van der Waals surface area contributed by atoms with Gasteiger partial charge in [0.2, 0.25) is 0 Å². The summed E-state index contributed by atoms with van der Waals surface area (Å²) in [5, 5.41) is 6.77. The minimum absolute atomic E-state index is 0. The molecule has 2 rings (SSSR count). The van der Waals surface area contributed by atoms with Crippen LogP contribution in [0.4, 0.5) is 0 Å². The van der Waals surface area contributed by atoms with Crippen molar-refractivity contribution < 1.29 is 0 Å². The van der Waals surface area contributed by atoms with Gasteiger partial charge in [-0.05, 0) is 25.3 Å². The highest BCUT2D eigenvalue weighted by atomic mass is 127. The van der Waals surface area contributed by atoms with Crippen molar-refractivity contribution in [2.45, 2.75) is 32.4 Å². The molecule has 1 aromatic rings. The van der Waals surface area contributed by atoms with Gasteiger partial charge < -0.3 is 10.6 Å². The summed E-state index contributed by atoms with van der Waals surface area (Å²) in [6, 6.07) is 9.05. The molecule has 0 amide bonds. The van der Waals surface area contributed by atoms with Crippen molar-refractivity contribution in [3.63, 3.8) is 0 Å². The van der Waals surface area contributed by atoms with Crippen molar-refractivity contribution in [3.8, 4) is 0 Å². The zero-order valence-corrected chi connectivity index (χ0v) is 13.8. The van der Waals surface area contributed by atoms with Crippen LogP contribution in [0.1, 0.15) is 24.0 Å². The Balaban J connectivity index is 0.00000180. The van der Waals surface area contributed by atoms with Crippen LogP contribution < -0.4 is 10.6 Å². The van der Waals surface area contributed by atoms with Crippen LogP contribution in [0, 0.1) is 6.92 Å². The van der Waals surface area contributed by atoms with Gasteiger partial charge in [-0.1, -0.05) is 42.0 Å². The second kappa shape index (κ2) is 8.19. The van der Waals surface area contributed by atoms with E-state index in [0.717, 1.165) is 25.3 Å². The summed E-state index contributed by atoms with van der Waals surface area (Å²) >= 11 is 0. The number of guanidine groups is 1. The van der Waals surface area contributed by atoms with Crippen molar-refractivity contribution in [2.24, 2.45) is 4.99 Å². The van der Waals surface area contributed by atoms with E-state index < -0.39 is 0 Å². The molecule has 1 aliphatic rings. The molecule has 2 N–H and O–H groups in total. The molecule has 1 aromatic carbocycles. The molecule has 3 nitrogen and oxygen atoms in total. The standard InChI is InChI=1S/C15H21N3.HI/c1-12-7-9-13(10-8-12)11-17-15(16-2)18-14-5-3-4-6-14;/h3-4,7-10,14H,5-6,11H2,1-2H3,(H2,16,17,18);1H. The van der Waals surface area contributed by atoms with E-state index in [2.05, 4.69) is 59.0 Å². The van der Waals surface area contributed by atoms with Crippen molar-refractivity contribution in [3.05, 3.63) is 47.5 Å². The van der Waals surface area contributed by atoms with Gasteiger partial charge in [-0.25, -0.2) is 0 Å². The minimum atomic E-state index is 0. The Labute approximate surface area is 132 Å². The maximum atomic E-state index is 4.25. The van der Waals surface area contributed by atoms with Crippen LogP contribution in [0.5, 0.6) is 0 Å². The number of nitrogens with one attached hydrogen (secondary N) is 2. The van der Waals surface area contributed by atoms with E-state index in [1.54, 1.807) is 0 Å². The van der Waals surface area contributed by atoms with Gasteiger partial charge in [0, 0.05) is 19.6 Å². The van der Waals surface area contributed by atoms with Crippen LogP contribution >= 0.6 is 24.0 Å². The Bertz CT molecular complexity index is 429. The van der Waals surface area contributed by atoms with Gasteiger partial charge in [-0.3, -0.25) is 4.99 Å². The largest absolute Gasteiger partial charge is 0.353 e. The summed E-state index contributed by atoms with van der Waals surface area (Å²) in [7, 11) is 1.81. The summed E-state index contributed by atoms with van der Waals surface area (Å²) < 4.78 is 0. The topological polar surface area (TPSA) is 36.4 Å². The number of rotatable bonds is 3. The SMILES string of the molecule is CN=C(NCc1ccc(C)cc1)NC1CC=CC1.I. The van der Waals surface area contributed by atoms with Crippen LogP contribution in [0.3, 0.4) is 0 Å². The highest BCUT2D eigenvalue weighted by molar-refractivity contribution is 14.0. The zero-order chi connectivity index (χ0) is 12.8. The number of nitrogens with zero attached hydrogens (tertiary/aromatic N) is 1. The Morgan fingerprint density at radius 2 is 1.84 bits per heavy atom. The summed E-state index contributed by atoms with van der Waals surface area (Å²) in [6.07, 6.45) is 6.60. The maximum absolute atomic E-state index is 4.25. The van der Waals surface area contributed by atoms with E-state index in [1.807, 2.05) is 7.05 Å².